The molecule has 4 nitrogen and oxygen atoms in total. The lowest BCUT2D eigenvalue weighted by molar-refractivity contribution is 0.0982. The van der Waals surface area contributed by atoms with Crippen molar-refractivity contribution in [2.24, 2.45) is 0 Å². The fraction of sp³-hybridized carbons (Fsp3) is 0.333. The highest BCUT2D eigenvalue weighted by atomic mass is 19.2. The van der Waals surface area contributed by atoms with Crippen molar-refractivity contribution < 1.29 is 18.3 Å². The van der Waals surface area contributed by atoms with E-state index in [4.69, 9.17) is 4.74 Å². The number of Topliss-reactive ketones (excluding diaryl/α,β-unsaturated/α-hetero) is 1. The molecule has 36 heavy (non-hydrogen) atoms. The number of rotatable bonds is 11. The number of ether oxygens (including phenoxy) is 1. The van der Waals surface area contributed by atoms with Gasteiger partial charge in [-0.05, 0) is 60.7 Å². The highest BCUT2D eigenvalue weighted by Crippen LogP contribution is 2.35. The van der Waals surface area contributed by atoms with E-state index < -0.39 is 11.6 Å². The maximum atomic E-state index is 13.7. The topological polar surface area (TPSA) is 44.1 Å². The summed E-state index contributed by atoms with van der Waals surface area (Å²) in [7, 11) is 0. The number of carbonyl (C=O) groups is 1. The Bertz CT molecular complexity index is 1350. The van der Waals surface area contributed by atoms with Crippen LogP contribution in [0.2, 0.25) is 0 Å². The number of hydrogen-bond donors (Lipinski definition) is 0. The summed E-state index contributed by atoms with van der Waals surface area (Å²) in [6.07, 6.45) is 4.31. The van der Waals surface area contributed by atoms with Crippen LogP contribution in [0.3, 0.4) is 0 Å². The van der Waals surface area contributed by atoms with E-state index in [2.05, 4.69) is 30.3 Å². The van der Waals surface area contributed by atoms with Gasteiger partial charge in [-0.25, -0.2) is 8.78 Å². The Hall–Kier alpha value is -3.54. The predicted octanol–water partition coefficient (Wildman–Crippen LogP) is 7.48. The fourth-order valence-corrected chi connectivity index (χ4v) is 4.57. The van der Waals surface area contributed by atoms with Crippen LogP contribution in [0.4, 0.5) is 8.78 Å². The molecule has 0 fully saturated rings. The van der Waals surface area contributed by atoms with Crippen molar-refractivity contribution in [3.8, 4) is 5.75 Å². The van der Waals surface area contributed by atoms with Crippen LogP contribution in [0, 0.1) is 11.6 Å². The first-order chi connectivity index (χ1) is 17.4. The maximum absolute atomic E-state index is 13.7. The van der Waals surface area contributed by atoms with Gasteiger partial charge < -0.3 is 9.30 Å². The SMILES string of the molecule is CCCCOc1ccc2c(C(=O)CCc3ccc(F)c(F)c3)c(C(C)C)n(Cc3ccccn3)c2c1. The lowest BCUT2D eigenvalue weighted by Gasteiger charge is -2.15. The van der Waals surface area contributed by atoms with Gasteiger partial charge in [0, 0.05) is 35.3 Å². The smallest absolute Gasteiger partial charge is 0.165 e. The number of benzene rings is 2. The Balaban J connectivity index is 1.75. The molecule has 0 aliphatic rings. The summed E-state index contributed by atoms with van der Waals surface area (Å²) >= 11 is 0. The monoisotopic (exact) mass is 490 g/mol. The lowest BCUT2D eigenvalue weighted by Crippen LogP contribution is -2.11. The Morgan fingerprint density at radius 3 is 2.58 bits per heavy atom. The van der Waals surface area contributed by atoms with E-state index in [0.29, 0.717) is 30.7 Å². The summed E-state index contributed by atoms with van der Waals surface area (Å²) < 4.78 is 35.2. The zero-order valence-corrected chi connectivity index (χ0v) is 21.1. The molecule has 0 bridgehead atoms. The molecule has 4 aromatic rings. The molecular weight excluding hydrogens is 458 g/mol. The van der Waals surface area contributed by atoms with Crippen molar-refractivity contribution in [2.45, 2.75) is 58.9 Å². The summed E-state index contributed by atoms with van der Waals surface area (Å²) in [5, 5.41) is 0.868. The van der Waals surface area contributed by atoms with E-state index in [1.807, 2.05) is 36.4 Å². The van der Waals surface area contributed by atoms with Crippen LogP contribution in [0.15, 0.2) is 60.8 Å². The molecule has 0 N–H and O–H groups in total. The molecule has 0 saturated carbocycles. The normalized spacial score (nSPS) is 11.4. The summed E-state index contributed by atoms with van der Waals surface area (Å²) in [5.74, 6) is -0.959. The lowest BCUT2D eigenvalue weighted by atomic mass is 9.96. The molecule has 0 unspecified atom stereocenters. The van der Waals surface area contributed by atoms with Crippen LogP contribution < -0.4 is 4.74 Å². The van der Waals surface area contributed by atoms with Crippen molar-refractivity contribution >= 4 is 16.7 Å². The number of aromatic nitrogens is 2. The number of ketones is 1. The average molecular weight is 491 g/mol. The fourth-order valence-electron chi connectivity index (χ4n) is 4.57. The summed E-state index contributed by atoms with van der Waals surface area (Å²) in [5.41, 5.74) is 4.04. The molecule has 0 spiro atoms. The van der Waals surface area contributed by atoms with E-state index in [1.54, 1.807) is 6.20 Å². The van der Waals surface area contributed by atoms with E-state index in [0.717, 1.165) is 53.0 Å². The molecule has 0 radical (unpaired) electrons. The molecule has 2 aromatic heterocycles. The standard InChI is InChI=1S/C30H32F2N2O2/c1-4-5-16-36-23-11-12-24-27(18-23)34(19-22-8-6-7-15-33-22)30(20(2)3)29(24)28(35)14-10-21-9-13-25(31)26(32)17-21/h6-9,11-13,15,17-18,20H,4-5,10,14,16,19H2,1-3H3. The van der Waals surface area contributed by atoms with Gasteiger partial charge in [0.25, 0.3) is 0 Å². The molecule has 6 heteroatoms. The number of nitrogens with zero attached hydrogens (tertiary/aromatic N) is 2. The van der Waals surface area contributed by atoms with E-state index >= 15 is 0 Å². The Morgan fingerprint density at radius 2 is 1.89 bits per heavy atom. The summed E-state index contributed by atoms with van der Waals surface area (Å²) in [6.45, 7) is 7.44. The minimum Gasteiger partial charge on any atom is -0.494 e. The Kier molecular flexibility index (Phi) is 8.14. The van der Waals surface area contributed by atoms with E-state index in [-0.39, 0.29) is 18.1 Å². The van der Waals surface area contributed by atoms with Crippen LogP contribution in [-0.2, 0) is 13.0 Å². The quantitative estimate of drug-likeness (QED) is 0.162. The van der Waals surface area contributed by atoms with Gasteiger partial charge in [0.1, 0.15) is 5.75 Å². The molecule has 4 rings (SSSR count). The number of unbranched alkanes of at least 4 members (excludes halogenated alkanes) is 1. The highest BCUT2D eigenvalue weighted by Gasteiger charge is 2.25. The number of pyridine rings is 1. The van der Waals surface area contributed by atoms with Crippen LogP contribution >= 0.6 is 0 Å². The van der Waals surface area contributed by atoms with Crippen molar-refractivity contribution in [3.05, 3.63) is 94.9 Å². The predicted molar refractivity (Wildman–Crippen MR) is 139 cm³/mol. The first-order valence-corrected chi connectivity index (χ1v) is 12.5. The molecule has 0 aliphatic heterocycles. The molecule has 2 aromatic carbocycles. The van der Waals surface area contributed by atoms with Gasteiger partial charge in [0.2, 0.25) is 0 Å². The number of aryl methyl sites for hydroxylation is 1. The van der Waals surface area contributed by atoms with Gasteiger partial charge in [0.05, 0.1) is 24.4 Å². The van der Waals surface area contributed by atoms with Crippen LogP contribution in [0.25, 0.3) is 10.9 Å². The van der Waals surface area contributed by atoms with Gasteiger partial charge in [-0.3, -0.25) is 9.78 Å². The van der Waals surface area contributed by atoms with Crippen LogP contribution in [-0.4, -0.2) is 21.9 Å². The molecule has 0 amide bonds. The molecule has 188 valence electrons. The third-order valence-corrected chi connectivity index (χ3v) is 6.34. The molecule has 0 aliphatic carbocycles. The highest BCUT2D eigenvalue weighted by molar-refractivity contribution is 6.10. The van der Waals surface area contributed by atoms with Crippen molar-refractivity contribution in [1.29, 1.82) is 0 Å². The van der Waals surface area contributed by atoms with Gasteiger partial charge in [-0.1, -0.05) is 39.3 Å². The first kappa shape index (κ1) is 25.5. The van der Waals surface area contributed by atoms with Crippen molar-refractivity contribution in [3.63, 3.8) is 0 Å². The van der Waals surface area contributed by atoms with Gasteiger partial charge in [0.15, 0.2) is 17.4 Å². The maximum Gasteiger partial charge on any atom is 0.165 e. The first-order valence-electron chi connectivity index (χ1n) is 12.5. The molecular formula is C30H32F2N2O2. The molecule has 0 atom stereocenters. The van der Waals surface area contributed by atoms with Gasteiger partial charge in [-0.15, -0.1) is 0 Å². The number of halogens is 2. The number of fused-ring (bicyclic) bond motifs is 1. The summed E-state index contributed by atoms with van der Waals surface area (Å²) in [4.78, 5) is 18.1. The molecule has 0 saturated heterocycles. The van der Waals surface area contributed by atoms with Crippen molar-refractivity contribution in [2.75, 3.05) is 6.61 Å². The number of hydrogen-bond acceptors (Lipinski definition) is 3. The second-order valence-electron chi connectivity index (χ2n) is 9.37. The van der Waals surface area contributed by atoms with E-state index in [1.165, 1.54) is 6.07 Å². The van der Waals surface area contributed by atoms with Crippen LogP contribution in [0.1, 0.15) is 73.3 Å². The number of carbonyl (C=O) groups excluding carboxylic acids is 1. The van der Waals surface area contributed by atoms with Crippen LogP contribution in [0.5, 0.6) is 5.75 Å². The van der Waals surface area contributed by atoms with Crippen molar-refractivity contribution in [1.82, 2.24) is 9.55 Å². The third kappa shape index (κ3) is 5.64. The second kappa shape index (κ2) is 11.5. The van der Waals surface area contributed by atoms with Gasteiger partial charge >= 0.3 is 0 Å². The second-order valence-corrected chi connectivity index (χ2v) is 9.37. The zero-order valence-electron chi connectivity index (χ0n) is 21.1. The minimum atomic E-state index is -0.898. The summed E-state index contributed by atoms with van der Waals surface area (Å²) in [6, 6.07) is 15.5. The van der Waals surface area contributed by atoms with E-state index in [9.17, 15) is 13.6 Å². The Labute approximate surface area is 210 Å². The zero-order chi connectivity index (χ0) is 25.7. The largest absolute Gasteiger partial charge is 0.494 e. The van der Waals surface area contributed by atoms with Gasteiger partial charge in [-0.2, -0.15) is 0 Å². The molecule has 2 heterocycles. The third-order valence-electron chi connectivity index (χ3n) is 6.34. The average Bonchev–Trinajstić information content (AvgIpc) is 3.19. The Morgan fingerprint density at radius 1 is 1.06 bits per heavy atom. The minimum absolute atomic E-state index is 0.0205.